The van der Waals surface area contributed by atoms with E-state index in [4.69, 9.17) is 0 Å². The molecule has 3 aliphatic rings. The van der Waals surface area contributed by atoms with E-state index in [0.29, 0.717) is 22.5 Å². The number of anilines is 3. The van der Waals surface area contributed by atoms with Crippen molar-refractivity contribution in [3.8, 4) is 0 Å². The zero-order chi connectivity index (χ0) is 23.7. The van der Waals surface area contributed by atoms with Crippen molar-refractivity contribution in [2.45, 2.75) is 38.1 Å². The average molecular weight is 462 g/mol. The van der Waals surface area contributed by atoms with E-state index in [-0.39, 0.29) is 17.9 Å². The van der Waals surface area contributed by atoms with Crippen molar-refractivity contribution < 1.29 is 14.4 Å². The maximum atomic E-state index is 13.0. The molecule has 4 amide bonds. The first-order valence-electron chi connectivity index (χ1n) is 12.1. The fraction of sp³-hybridized carbons (Fsp3) is 0.423. The largest absolute Gasteiger partial charge is 0.369 e. The fourth-order valence-electron chi connectivity index (χ4n) is 5.12. The van der Waals surface area contributed by atoms with Crippen LogP contribution in [0.4, 0.5) is 21.9 Å². The van der Waals surface area contributed by atoms with E-state index >= 15 is 0 Å². The Morgan fingerprint density at radius 3 is 2.12 bits per heavy atom. The highest BCUT2D eigenvalue weighted by Gasteiger charge is 2.40. The highest BCUT2D eigenvalue weighted by atomic mass is 16.2. The van der Waals surface area contributed by atoms with E-state index in [1.165, 1.54) is 4.90 Å². The minimum atomic E-state index is -0.395. The van der Waals surface area contributed by atoms with Gasteiger partial charge in [-0.05, 0) is 62.4 Å². The Bertz CT molecular complexity index is 1090. The number of hydrogen-bond donors (Lipinski definition) is 2. The number of carbonyl (C=O) groups excluding carboxylic acids is 3. The van der Waals surface area contributed by atoms with Crippen LogP contribution in [0.5, 0.6) is 0 Å². The number of likely N-dealkylation sites (N-methyl/N-ethyl adjacent to an activating group) is 1. The Morgan fingerprint density at radius 1 is 0.794 bits per heavy atom. The summed E-state index contributed by atoms with van der Waals surface area (Å²) in [7, 11) is 2.13. The van der Waals surface area contributed by atoms with Crippen LogP contribution in [0.3, 0.4) is 0 Å². The molecule has 0 bridgehead atoms. The van der Waals surface area contributed by atoms with Crippen molar-refractivity contribution >= 4 is 34.9 Å². The number of nitrogens with zero attached hydrogens (tertiary/aromatic N) is 3. The van der Waals surface area contributed by atoms with Gasteiger partial charge in [-0.25, -0.2) is 4.79 Å². The lowest BCUT2D eigenvalue weighted by Crippen LogP contribution is -2.44. The topological polar surface area (TPSA) is 85.0 Å². The van der Waals surface area contributed by atoms with Crippen molar-refractivity contribution in [2.75, 3.05) is 48.8 Å². The van der Waals surface area contributed by atoms with Crippen LogP contribution in [-0.4, -0.2) is 66.9 Å². The lowest BCUT2D eigenvalue weighted by Gasteiger charge is -2.34. The van der Waals surface area contributed by atoms with Crippen LogP contribution < -0.4 is 15.5 Å². The third-order valence-corrected chi connectivity index (χ3v) is 7.11. The molecule has 0 spiro atoms. The molecule has 2 aromatic rings. The summed E-state index contributed by atoms with van der Waals surface area (Å²) >= 11 is 0. The van der Waals surface area contributed by atoms with Gasteiger partial charge in [0.2, 0.25) is 0 Å². The van der Waals surface area contributed by atoms with Gasteiger partial charge >= 0.3 is 6.03 Å². The number of amides is 4. The maximum Gasteiger partial charge on any atom is 0.323 e. The van der Waals surface area contributed by atoms with E-state index in [2.05, 4.69) is 27.5 Å². The van der Waals surface area contributed by atoms with Gasteiger partial charge in [-0.2, -0.15) is 0 Å². The normalized spacial score (nSPS) is 19.3. The quantitative estimate of drug-likeness (QED) is 0.672. The molecule has 0 radical (unpaired) electrons. The van der Waals surface area contributed by atoms with Crippen molar-refractivity contribution in [3.63, 3.8) is 0 Å². The summed E-state index contributed by atoms with van der Waals surface area (Å²) in [4.78, 5) is 44.5. The molecule has 5 rings (SSSR count). The highest BCUT2D eigenvalue weighted by Crippen LogP contribution is 2.32. The van der Waals surface area contributed by atoms with Crippen molar-refractivity contribution in [1.29, 1.82) is 0 Å². The van der Waals surface area contributed by atoms with Gasteiger partial charge in [0, 0.05) is 49.3 Å². The van der Waals surface area contributed by atoms with E-state index in [1.807, 2.05) is 24.3 Å². The predicted molar refractivity (Wildman–Crippen MR) is 133 cm³/mol. The van der Waals surface area contributed by atoms with Gasteiger partial charge < -0.3 is 20.4 Å². The third-order valence-electron chi connectivity index (χ3n) is 7.11. The number of urea groups is 1. The van der Waals surface area contributed by atoms with Crippen molar-refractivity contribution in [2.24, 2.45) is 0 Å². The fourth-order valence-corrected chi connectivity index (χ4v) is 5.12. The second kappa shape index (κ2) is 9.46. The van der Waals surface area contributed by atoms with Gasteiger partial charge in [0.1, 0.15) is 0 Å². The summed E-state index contributed by atoms with van der Waals surface area (Å²) in [6.45, 7) is 4.05. The van der Waals surface area contributed by atoms with E-state index < -0.39 is 6.03 Å². The van der Waals surface area contributed by atoms with Gasteiger partial charge in [0.05, 0.1) is 11.1 Å². The van der Waals surface area contributed by atoms with Crippen LogP contribution >= 0.6 is 0 Å². The van der Waals surface area contributed by atoms with Gasteiger partial charge in [-0.15, -0.1) is 0 Å². The highest BCUT2D eigenvalue weighted by molar-refractivity contribution is 6.22. The summed E-state index contributed by atoms with van der Waals surface area (Å²) in [5, 5.41) is 5.62. The summed E-state index contributed by atoms with van der Waals surface area (Å²) in [5.74, 6) is -0.473. The molecule has 1 saturated carbocycles. The SMILES string of the molecule is CN1CCN(c2ccc(NC(=O)Nc3ccc4c(c3)C(=O)N(C3CCCCC3)C4=O)cc2)CC1. The Morgan fingerprint density at radius 2 is 1.41 bits per heavy atom. The number of rotatable bonds is 4. The smallest absolute Gasteiger partial charge is 0.323 e. The molecule has 0 atom stereocenters. The third kappa shape index (κ3) is 4.50. The molecular weight excluding hydrogens is 430 g/mol. The number of hydrogen-bond acceptors (Lipinski definition) is 5. The molecule has 1 saturated heterocycles. The molecule has 2 heterocycles. The molecule has 2 aliphatic heterocycles. The number of imide groups is 1. The Labute approximate surface area is 199 Å². The minimum absolute atomic E-state index is 0.0188. The second-order valence-corrected chi connectivity index (χ2v) is 9.45. The van der Waals surface area contributed by atoms with E-state index in [1.54, 1.807) is 18.2 Å². The number of nitrogens with one attached hydrogen (secondary N) is 2. The van der Waals surface area contributed by atoms with Gasteiger partial charge in [0.25, 0.3) is 11.8 Å². The lowest BCUT2D eigenvalue weighted by atomic mass is 9.94. The van der Waals surface area contributed by atoms with Gasteiger partial charge in [0.15, 0.2) is 0 Å². The van der Waals surface area contributed by atoms with Crippen LogP contribution in [-0.2, 0) is 0 Å². The first-order valence-corrected chi connectivity index (χ1v) is 12.1. The first kappa shape index (κ1) is 22.4. The summed E-state index contributed by atoms with van der Waals surface area (Å²) in [6.07, 6.45) is 4.98. The summed E-state index contributed by atoms with van der Waals surface area (Å²) in [6, 6.07) is 12.3. The molecule has 34 heavy (non-hydrogen) atoms. The minimum Gasteiger partial charge on any atom is -0.369 e. The Kier molecular flexibility index (Phi) is 6.24. The van der Waals surface area contributed by atoms with Crippen molar-refractivity contribution in [1.82, 2.24) is 9.80 Å². The number of benzene rings is 2. The van der Waals surface area contributed by atoms with Crippen LogP contribution in [0.15, 0.2) is 42.5 Å². The Balaban J connectivity index is 1.21. The summed E-state index contributed by atoms with van der Waals surface area (Å²) < 4.78 is 0. The number of fused-ring (bicyclic) bond motifs is 1. The molecule has 0 aromatic heterocycles. The molecule has 2 aromatic carbocycles. The predicted octanol–water partition coefficient (Wildman–Crippen LogP) is 4.01. The van der Waals surface area contributed by atoms with Crippen molar-refractivity contribution in [3.05, 3.63) is 53.6 Å². The zero-order valence-corrected chi connectivity index (χ0v) is 19.5. The molecular formula is C26H31N5O3. The first-order chi connectivity index (χ1) is 16.5. The molecule has 2 N–H and O–H groups in total. The lowest BCUT2D eigenvalue weighted by molar-refractivity contribution is 0.0549. The molecule has 2 fully saturated rings. The maximum absolute atomic E-state index is 13.0. The molecule has 8 heteroatoms. The monoisotopic (exact) mass is 461 g/mol. The number of carbonyl (C=O) groups is 3. The Hall–Kier alpha value is -3.39. The van der Waals surface area contributed by atoms with E-state index in [9.17, 15) is 14.4 Å². The van der Waals surface area contributed by atoms with Crippen LogP contribution in [0.2, 0.25) is 0 Å². The van der Waals surface area contributed by atoms with Crippen LogP contribution in [0.25, 0.3) is 0 Å². The molecule has 0 unspecified atom stereocenters. The van der Waals surface area contributed by atoms with Crippen LogP contribution in [0, 0.1) is 0 Å². The molecule has 8 nitrogen and oxygen atoms in total. The van der Waals surface area contributed by atoms with Crippen LogP contribution in [0.1, 0.15) is 52.8 Å². The number of piperazine rings is 1. The zero-order valence-electron chi connectivity index (χ0n) is 19.5. The second-order valence-electron chi connectivity index (χ2n) is 9.45. The average Bonchev–Trinajstić information content (AvgIpc) is 3.10. The van der Waals surface area contributed by atoms with Gasteiger partial charge in [-0.1, -0.05) is 19.3 Å². The molecule has 178 valence electrons. The standard InChI is InChI=1S/C26H31N5O3/c1-29-13-15-30(16-14-29)20-10-7-18(8-11-20)27-26(34)28-19-9-12-22-23(17-19)25(33)31(24(22)32)21-5-3-2-4-6-21/h7-12,17,21H,2-6,13-16H2,1H3,(H2,27,28,34). The van der Waals surface area contributed by atoms with E-state index in [0.717, 1.165) is 64.0 Å². The van der Waals surface area contributed by atoms with Gasteiger partial charge in [-0.3, -0.25) is 14.5 Å². The summed E-state index contributed by atoms with van der Waals surface area (Å²) in [5.41, 5.74) is 3.09. The molecule has 1 aliphatic carbocycles.